The second-order valence-corrected chi connectivity index (χ2v) is 9.43. The molecule has 0 aliphatic rings. The Hall–Kier alpha value is -2.12. The van der Waals surface area contributed by atoms with Gasteiger partial charge in [-0.2, -0.15) is 0 Å². The van der Waals surface area contributed by atoms with Crippen LogP contribution in [-0.4, -0.2) is 37.4 Å². The number of aliphatic carboxylic acids is 1. The van der Waals surface area contributed by atoms with Gasteiger partial charge in [-0.05, 0) is 50.8 Å². The number of aliphatic hydroxyl groups excluding tert-OH is 1. The molecule has 0 radical (unpaired) electrons. The summed E-state index contributed by atoms with van der Waals surface area (Å²) in [6.45, 7) is 8.03. The number of hydrogen-bond acceptors (Lipinski definition) is 5. The monoisotopic (exact) mass is 423 g/mol. The zero-order chi connectivity index (χ0) is 22.2. The number of carboxylic acids is 1. The third kappa shape index (κ3) is 8.03. The third-order valence-electron chi connectivity index (χ3n) is 4.73. The zero-order valence-corrected chi connectivity index (χ0v) is 18.7. The van der Waals surface area contributed by atoms with Crippen LogP contribution in [0.4, 0.5) is 5.69 Å². The van der Waals surface area contributed by atoms with Crippen molar-refractivity contribution in [3.63, 3.8) is 0 Å². The van der Waals surface area contributed by atoms with Gasteiger partial charge in [0.05, 0.1) is 17.4 Å². The Bertz CT molecular complexity index is 869. The van der Waals surface area contributed by atoms with E-state index in [0.717, 1.165) is 24.7 Å². The molecule has 1 rings (SSSR count). The van der Waals surface area contributed by atoms with Crippen LogP contribution in [-0.2, 0) is 14.6 Å². The van der Waals surface area contributed by atoms with Crippen LogP contribution in [0.25, 0.3) is 6.08 Å². The number of anilines is 1. The summed E-state index contributed by atoms with van der Waals surface area (Å²) in [5.41, 5.74) is 2.84. The van der Waals surface area contributed by atoms with Gasteiger partial charge in [-0.1, -0.05) is 37.1 Å². The van der Waals surface area contributed by atoms with Crippen LogP contribution in [0.1, 0.15) is 64.2 Å². The average molecular weight is 424 g/mol. The lowest BCUT2D eigenvalue weighted by Crippen LogP contribution is -2.11. The molecule has 0 saturated heterocycles. The summed E-state index contributed by atoms with van der Waals surface area (Å²) in [6, 6.07) is 3.06. The number of carbonyl (C=O) groups is 1. The largest absolute Gasteiger partial charge is 0.481 e. The summed E-state index contributed by atoms with van der Waals surface area (Å²) in [4.78, 5) is 11.3. The van der Waals surface area contributed by atoms with E-state index in [4.69, 9.17) is 5.11 Å². The maximum atomic E-state index is 12.2. The van der Waals surface area contributed by atoms with Crippen LogP contribution < -0.4 is 5.32 Å². The van der Waals surface area contributed by atoms with Crippen LogP contribution in [0, 0.1) is 5.92 Å². The lowest BCUT2D eigenvalue weighted by molar-refractivity contribution is -0.137. The van der Waals surface area contributed by atoms with Gasteiger partial charge in [-0.15, -0.1) is 0 Å². The fraction of sp³-hybridized carbons (Fsp3) is 0.500. The van der Waals surface area contributed by atoms with E-state index in [1.54, 1.807) is 19.1 Å². The summed E-state index contributed by atoms with van der Waals surface area (Å²) in [7, 11) is -3.48. The second kappa shape index (κ2) is 11.2. The summed E-state index contributed by atoms with van der Waals surface area (Å²) in [5.74, 6) is -1.02. The number of allylic oxidation sites excluding steroid dienone is 2. The molecule has 0 saturated carbocycles. The molecule has 1 aromatic rings. The molecule has 0 amide bonds. The minimum atomic E-state index is -3.48. The van der Waals surface area contributed by atoms with Crippen molar-refractivity contribution in [2.24, 2.45) is 5.92 Å². The highest BCUT2D eigenvalue weighted by Gasteiger charge is 2.18. The number of hydrogen-bond donors (Lipinski definition) is 3. The number of aliphatic hydroxyl groups is 1. The predicted octanol–water partition coefficient (Wildman–Crippen LogP) is 4.43. The van der Waals surface area contributed by atoms with Gasteiger partial charge in [-0.25, -0.2) is 8.42 Å². The van der Waals surface area contributed by atoms with Crippen molar-refractivity contribution in [2.45, 2.75) is 58.0 Å². The van der Waals surface area contributed by atoms with Crippen molar-refractivity contribution in [2.75, 3.05) is 18.1 Å². The number of nitrogens with one attached hydrogen (secondary N) is 1. The van der Waals surface area contributed by atoms with Gasteiger partial charge in [0.1, 0.15) is 0 Å². The molecular formula is C22H33NO5S. The van der Waals surface area contributed by atoms with Gasteiger partial charge >= 0.3 is 5.97 Å². The summed E-state index contributed by atoms with van der Waals surface area (Å²) in [5, 5.41) is 22.7. The lowest BCUT2D eigenvalue weighted by atomic mass is 9.96. The van der Waals surface area contributed by atoms with E-state index in [0.29, 0.717) is 23.4 Å². The molecule has 0 spiro atoms. The van der Waals surface area contributed by atoms with Crippen LogP contribution >= 0.6 is 0 Å². The first-order valence-corrected chi connectivity index (χ1v) is 11.7. The molecule has 3 N–H and O–H groups in total. The molecule has 6 nitrogen and oxygen atoms in total. The van der Waals surface area contributed by atoms with E-state index in [1.807, 2.05) is 32.9 Å². The Morgan fingerprint density at radius 1 is 1.31 bits per heavy atom. The standard InChI is InChI=1S/C22H33NO5S/c1-6-8-17(11-21(25)26)9-10-18-12-19(29(5,27)28)13-20(16(4)24)22(18)23-14-15(3)7-2/h7,9-10,12-13,16-17,23-24H,6,8,11,14H2,1-5H3,(H,25,26)/b10-9+,15-7+/t16?,17-/m0/s1. The summed E-state index contributed by atoms with van der Waals surface area (Å²) in [6.07, 6.45) is 7.38. The van der Waals surface area contributed by atoms with E-state index < -0.39 is 21.9 Å². The van der Waals surface area contributed by atoms with Crippen molar-refractivity contribution in [3.05, 3.63) is 41.0 Å². The highest BCUT2D eigenvalue weighted by molar-refractivity contribution is 7.90. The number of rotatable bonds is 11. The van der Waals surface area contributed by atoms with Crippen molar-refractivity contribution in [3.8, 4) is 0 Å². The minimum Gasteiger partial charge on any atom is -0.481 e. The summed E-state index contributed by atoms with van der Waals surface area (Å²) >= 11 is 0. The quantitative estimate of drug-likeness (QED) is 0.455. The highest BCUT2D eigenvalue weighted by Crippen LogP contribution is 2.32. The highest BCUT2D eigenvalue weighted by atomic mass is 32.2. The van der Waals surface area contributed by atoms with E-state index in [-0.39, 0.29) is 17.2 Å². The molecule has 1 unspecified atom stereocenters. The van der Waals surface area contributed by atoms with Crippen molar-refractivity contribution in [1.29, 1.82) is 0 Å². The first kappa shape index (κ1) is 24.9. The Balaban J connectivity index is 3.54. The molecule has 162 valence electrons. The first-order valence-electron chi connectivity index (χ1n) is 9.81. The molecule has 2 atom stereocenters. The SMILES string of the molecule is C/C=C(\C)CNc1c(/C=C/[C@H](CCC)CC(=O)O)cc(S(C)(=O)=O)cc1C(C)O. The molecule has 0 aromatic heterocycles. The van der Waals surface area contributed by atoms with E-state index in [1.165, 1.54) is 6.07 Å². The van der Waals surface area contributed by atoms with Gasteiger partial charge in [0, 0.05) is 24.1 Å². The zero-order valence-electron chi connectivity index (χ0n) is 17.9. The average Bonchev–Trinajstić information content (AvgIpc) is 2.62. The van der Waals surface area contributed by atoms with Crippen molar-refractivity contribution in [1.82, 2.24) is 0 Å². The number of sulfone groups is 1. The number of benzene rings is 1. The van der Waals surface area contributed by atoms with Gasteiger partial charge < -0.3 is 15.5 Å². The van der Waals surface area contributed by atoms with Crippen LogP contribution in [0.15, 0.2) is 34.8 Å². The fourth-order valence-corrected chi connectivity index (χ4v) is 3.65. The Morgan fingerprint density at radius 3 is 2.45 bits per heavy atom. The normalized spacial score (nSPS) is 14.8. The van der Waals surface area contributed by atoms with Crippen LogP contribution in [0.3, 0.4) is 0 Å². The minimum absolute atomic E-state index is 0.0137. The second-order valence-electron chi connectivity index (χ2n) is 7.42. The van der Waals surface area contributed by atoms with Gasteiger partial charge in [0.25, 0.3) is 0 Å². The van der Waals surface area contributed by atoms with Gasteiger partial charge in [0.15, 0.2) is 9.84 Å². The molecule has 29 heavy (non-hydrogen) atoms. The molecule has 0 aliphatic heterocycles. The molecule has 7 heteroatoms. The van der Waals surface area contributed by atoms with Crippen LogP contribution in [0.5, 0.6) is 0 Å². The molecule has 0 heterocycles. The number of carboxylic acid groups (broad SMARTS) is 1. The van der Waals surface area contributed by atoms with E-state index >= 15 is 0 Å². The van der Waals surface area contributed by atoms with Gasteiger partial charge in [-0.3, -0.25) is 4.79 Å². The predicted molar refractivity (Wildman–Crippen MR) is 118 cm³/mol. The Kier molecular flexibility index (Phi) is 9.59. The third-order valence-corrected chi connectivity index (χ3v) is 5.82. The fourth-order valence-electron chi connectivity index (χ4n) is 2.97. The molecule has 0 aliphatic carbocycles. The van der Waals surface area contributed by atoms with Crippen LogP contribution in [0.2, 0.25) is 0 Å². The smallest absolute Gasteiger partial charge is 0.303 e. The van der Waals surface area contributed by atoms with Gasteiger partial charge in [0.2, 0.25) is 0 Å². The van der Waals surface area contributed by atoms with E-state index in [2.05, 4.69) is 5.32 Å². The molecule has 1 aromatic carbocycles. The van der Waals surface area contributed by atoms with Crippen molar-refractivity contribution >= 4 is 27.6 Å². The molecular weight excluding hydrogens is 390 g/mol. The maximum Gasteiger partial charge on any atom is 0.303 e. The maximum absolute atomic E-state index is 12.2. The van der Waals surface area contributed by atoms with Crippen molar-refractivity contribution < 1.29 is 23.4 Å². The van der Waals surface area contributed by atoms with E-state index in [9.17, 15) is 18.3 Å². The Morgan fingerprint density at radius 2 is 1.97 bits per heavy atom. The summed E-state index contributed by atoms with van der Waals surface area (Å²) < 4.78 is 24.3. The molecule has 0 bridgehead atoms. The lowest BCUT2D eigenvalue weighted by Gasteiger charge is -2.19. The first-order chi connectivity index (χ1) is 13.5. The topological polar surface area (TPSA) is 104 Å². The Labute approximate surface area is 174 Å². The molecule has 0 fully saturated rings.